The molecular formula is C25H28FN5O2S. The molecule has 1 aliphatic rings. The fourth-order valence-electron chi connectivity index (χ4n) is 3.58. The zero-order chi connectivity index (χ0) is 23.9. The third-order valence-corrected chi connectivity index (χ3v) is 6.47. The van der Waals surface area contributed by atoms with Gasteiger partial charge < -0.3 is 19.9 Å². The highest BCUT2D eigenvalue weighted by molar-refractivity contribution is 7.98. The number of aromatic nitrogens is 2. The Bertz CT molecular complexity index is 1100. The number of carbonyl (C=O) groups is 1. The Kier molecular flexibility index (Phi) is 8.10. The molecule has 0 aliphatic carbocycles. The number of nitrogens with one attached hydrogen (secondary N) is 1. The fraction of sp³-hybridized carbons (Fsp3) is 0.320. The van der Waals surface area contributed by atoms with Gasteiger partial charge in [-0.2, -0.15) is 0 Å². The number of rotatable bonds is 8. The normalized spacial score (nSPS) is 14.3. The summed E-state index contributed by atoms with van der Waals surface area (Å²) >= 11 is 1.56. The molecule has 1 fully saturated rings. The van der Waals surface area contributed by atoms with Gasteiger partial charge in [-0.05, 0) is 49.0 Å². The Hall–Kier alpha value is -3.01. The summed E-state index contributed by atoms with van der Waals surface area (Å²) in [6, 6.07) is 15.1. The van der Waals surface area contributed by atoms with E-state index >= 15 is 0 Å². The van der Waals surface area contributed by atoms with Gasteiger partial charge in [0, 0.05) is 56.4 Å². The lowest BCUT2D eigenvalue weighted by Gasteiger charge is -2.33. The van der Waals surface area contributed by atoms with Crippen molar-refractivity contribution in [2.24, 2.45) is 0 Å². The number of amides is 1. The number of hydrogen-bond donors (Lipinski definition) is 1. The van der Waals surface area contributed by atoms with Gasteiger partial charge in [-0.1, -0.05) is 23.9 Å². The van der Waals surface area contributed by atoms with E-state index in [0.29, 0.717) is 28.8 Å². The molecule has 1 aliphatic heterocycles. The van der Waals surface area contributed by atoms with E-state index in [1.165, 1.54) is 24.3 Å². The van der Waals surface area contributed by atoms with E-state index in [9.17, 15) is 9.18 Å². The van der Waals surface area contributed by atoms with Crippen LogP contribution >= 0.6 is 11.8 Å². The molecule has 0 atom stereocenters. The van der Waals surface area contributed by atoms with Gasteiger partial charge >= 0.3 is 0 Å². The van der Waals surface area contributed by atoms with Crippen LogP contribution in [0.15, 0.2) is 59.8 Å². The van der Waals surface area contributed by atoms with Crippen LogP contribution in [0.4, 0.5) is 15.9 Å². The number of likely N-dealkylation sites (N-methyl/N-ethyl adjacent to an activating group) is 1. The van der Waals surface area contributed by atoms with E-state index in [1.807, 2.05) is 18.2 Å². The summed E-state index contributed by atoms with van der Waals surface area (Å²) in [7, 11) is 3.80. The molecule has 178 valence electrons. The number of methoxy groups -OCH3 is 1. The van der Waals surface area contributed by atoms with Crippen molar-refractivity contribution >= 4 is 29.2 Å². The predicted octanol–water partition coefficient (Wildman–Crippen LogP) is 4.06. The molecule has 0 bridgehead atoms. The smallest absolute Gasteiger partial charge is 0.255 e. The van der Waals surface area contributed by atoms with Crippen LogP contribution in [0.3, 0.4) is 0 Å². The monoisotopic (exact) mass is 481 g/mol. The number of nitrogens with zero attached hydrogens (tertiary/aromatic N) is 4. The zero-order valence-electron chi connectivity index (χ0n) is 19.3. The van der Waals surface area contributed by atoms with Gasteiger partial charge in [-0.3, -0.25) is 4.79 Å². The molecule has 1 saturated heterocycles. The number of hydrogen-bond acceptors (Lipinski definition) is 7. The van der Waals surface area contributed by atoms with Crippen LogP contribution < -0.4 is 10.2 Å². The number of halogens is 1. The second-order valence-corrected chi connectivity index (χ2v) is 9.11. The molecule has 1 N–H and O–H groups in total. The number of carbonyl (C=O) groups excluding carboxylic acids is 1. The van der Waals surface area contributed by atoms with Crippen molar-refractivity contribution in [1.29, 1.82) is 0 Å². The molecule has 0 radical (unpaired) electrons. The van der Waals surface area contributed by atoms with Crippen molar-refractivity contribution < 1.29 is 13.9 Å². The quantitative estimate of drug-likeness (QED) is 0.384. The molecular weight excluding hydrogens is 453 g/mol. The van der Waals surface area contributed by atoms with E-state index in [0.717, 1.165) is 43.3 Å². The molecule has 2 heterocycles. The standard InChI is InChI=1S/C25H28FN5O2S/c1-30-11-13-31(14-12-30)23-15-22(16-33-2)28-25(29-23)34-17-18-3-5-19(6-4-18)24(32)27-21-9-7-20(26)8-10-21/h3-10,15H,11-14,16-17H2,1-2H3,(H,27,32). The minimum atomic E-state index is -0.341. The van der Waals surface area contributed by atoms with E-state index in [4.69, 9.17) is 9.72 Å². The second kappa shape index (κ2) is 11.4. The summed E-state index contributed by atoms with van der Waals surface area (Å²) in [6.07, 6.45) is 0. The van der Waals surface area contributed by atoms with Crippen LogP contribution in [0.5, 0.6) is 0 Å². The first-order valence-corrected chi connectivity index (χ1v) is 12.1. The molecule has 2 aromatic carbocycles. The second-order valence-electron chi connectivity index (χ2n) is 8.17. The average Bonchev–Trinajstić information content (AvgIpc) is 2.85. The van der Waals surface area contributed by atoms with Crippen LogP contribution in [0.2, 0.25) is 0 Å². The van der Waals surface area contributed by atoms with Crippen molar-refractivity contribution in [1.82, 2.24) is 14.9 Å². The predicted molar refractivity (Wildman–Crippen MR) is 133 cm³/mol. The van der Waals surface area contributed by atoms with E-state index in [-0.39, 0.29) is 11.7 Å². The van der Waals surface area contributed by atoms with E-state index in [2.05, 4.69) is 27.1 Å². The number of piperazine rings is 1. The first kappa shape index (κ1) is 24.1. The Morgan fingerprint density at radius 2 is 1.76 bits per heavy atom. The number of ether oxygens (including phenoxy) is 1. The molecule has 0 spiro atoms. The van der Waals surface area contributed by atoms with Crippen LogP contribution in [-0.2, 0) is 17.1 Å². The van der Waals surface area contributed by atoms with Crippen LogP contribution in [0.25, 0.3) is 0 Å². The molecule has 9 heteroatoms. The topological polar surface area (TPSA) is 70.6 Å². The first-order chi connectivity index (χ1) is 16.5. The Morgan fingerprint density at radius 1 is 1.06 bits per heavy atom. The highest BCUT2D eigenvalue weighted by atomic mass is 32.2. The highest BCUT2D eigenvalue weighted by Gasteiger charge is 2.17. The van der Waals surface area contributed by atoms with Crippen molar-refractivity contribution in [2.75, 3.05) is 50.6 Å². The lowest BCUT2D eigenvalue weighted by molar-refractivity contribution is 0.102. The van der Waals surface area contributed by atoms with Gasteiger partial charge in [0.25, 0.3) is 5.91 Å². The maximum absolute atomic E-state index is 13.0. The summed E-state index contributed by atoms with van der Waals surface area (Å²) in [6.45, 7) is 4.33. The maximum Gasteiger partial charge on any atom is 0.255 e. The van der Waals surface area contributed by atoms with Crippen molar-refractivity contribution in [3.8, 4) is 0 Å². The maximum atomic E-state index is 13.0. The summed E-state index contributed by atoms with van der Waals surface area (Å²) < 4.78 is 18.4. The Morgan fingerprint density at radius 3 is 2.44 bits per heavy atom. The van der Waals surface area contributed by atoms with Crippen molar-refractivity contribution in [3.63, 3.8) is 0 Å². The summed E-state index contributed by atoms with van der Waals surface area (Å²) in [5.74, 6) is 1.04. The highest BCUT2D eigenvalue weighted by Crippen LogP contribution is 2.24. The van der Waals surface area contributed by atoms with Crippen LogP contribution in [-0.4, -0.2) is 61.1 Å². The zero-order valence-corrected chi connectivity index (χ0v) is 20.1. The third-order valence-electron chi connectivity index (χ3n) is 5.55. The molecule has 34 heavy (non-hydrogen) atoms. The van der Waals surface area contributed by atoms with Gasteiger partial charge in [-0.15, -0.1) is 0 Å². The van der Waals surface area contributed by atoms with Gasteiger partial charge in [0.2, 0.25) is 0 Å². The Balaban J connectivity index is 1.39. The molecule has 1 aromatic heterocycles. The summed E-state index contributed by atoms with van der Waals surface area (Å²) in [5, 5.41) is 3.48. The molecule has 0 unspecified atom stereocenters. The number of thioether (sulfide) groups is 1. The minimum absolute atomic E-state index is 0.238. The fourth-order valence-corrected chi connectivity index (χ4v) is 4.41. The third kappa shape index (κ3) is 6.53. The summed E-state index contributed by atoms with van der Waals surface area (Å²) in [5.41, 5.74) is 3.01. The largest absolute Gasteiger partial charge is 0.378 e. The molecule has 0 saturated carbocycles. The van der Waals surface area contributed by atoms with Gasteiger partial charge in [0.05, 0.1) is 12.3 Å². The SMILES string of the molecule is COCc1cc(N2CCN(C)CC2)nc(SCc2ccc(C(=O)Nc3ccc(F)cc3)cc2)n1. The van der Waals surface area contributed by atoms with Gasteiger partial charge in [0.1, 0.15) is 11.6 Å². The van der Waals surface area contributed by atoms with Crippen LogP contribution in [0, 0.1) is 5.82 Å². The number of benzene rings is 2. The van der Waals surface area contributed by atoms with Crippen molar-refractivity contribution in [2.45, 2.75) is 17.5 Å². The van der Waals surface area contributed by atoms with E-state index in [1.54, 1.807) is 31.0 Å². The van der Waals surface area contributed by atoms with Crippen LogP contribution in [0.1, 0.15) is 21.6 Å². The lowest BCUT2D eigenvalue weighted by Crippen LogP contribution is -2.44. The molecule has 1 amide bonds. The molecule has 3 aromatic rings. The van der Waals surface area contributed by atoms with Crippen molar-refractivity contribution in [3.05, 3.63) is 77.2 Å². The number of anilines is 2. The van der Waals surface area contributed by atoms with Gasteiger partial charge in [-0.25, -0.2) is 14.4 Å². The Labute approximate surface area is 203 Å². The summed E-state index contributed by atoms with van der Waals surface area (Å²) in [4.78, 5) is 26.5. The average molecular weight is 482 g/mol. The molecule has 7 nitrogen and oxygen atoms in total. The van der Waals surface area contributed by atoms with E-state index < -0.39 is 0 Å². The first-order valence-electron chi connectivity index (χ1n) is 11.1. The lowest BCUT2D eigenvalue weighted by atomic mass is 10.1. The van der Waals surface area contributed by atoms with Gasteiger partial charge in [0.15, 0.2) is 5.16 Å². The minimum Gasteiger partial charge on any atom is -0.378 e. The molecule has 4 rings (SSSR count).